The van der Waals surface area contributed by atoms with Crippen LogP contribution in [0.1, 0.15) is 13.3 Å². The molecule has 1 atom stereocenters. The number of aliphatic imine (C=N–C) groups is 1. The molecule has 0 bridgehead atoms. The standard InChI is InChI=1S/C8H17F3N4O/c1-6(5-16-2)14-7(15-12)13-4-3-8(9,10)11/h6H,3-5,12H2,1-2H3,(H2,13,14,15). The van der Waals surface area contributed by atoms with Crippen molar-refractivity contribution >= 4 is 5.96 Å². The van der Waals surface area contributed by atoms with Crippen molar-refractivity contribution in [3.8, 4) is 0 Å². The van der Waals surface area contributed by atoms with Crippen LogP contribution in [0, 0.1) is 0 Å². The Morgan fingerprint density at radius 2 is 2.12 bits per heavy atom. The van der Waals surface area contributed by atoms with Crippen LogP contribution < -0.4 is 16.6 Å². The number of hydrogen-bond donors (Lipinski definition) is 3. The van der Waals surface area contributed by atoms with Crippen LogP contribution in [0.25, 0.3) is 0 Å². The van der Waals surface area contributed by atoms with Crippen molar-refractivity contribution in [2.75, 3.05) is 20.3 Å². The molecule has 0 saturated carbocycles. The number of halogens is 3. The lowest BCUT2D eigenvalue weighted by molar-refractivity contribution is -0.132. The normalized spacial score (nSPS) is 14.8. The average molecular weight is 242 g/mol. The Kier molecular flexibility index (Phi) is 6.82. The zero-order valence-electron chi connectivity index (χ0n) is 9.27. The summed E-state index contributed by atoms with van der Waals surface area (Å²) < 4.78 is 40.3. The summed E-state index contributed by atoms with van der Waals surface area (Å²) >= 11 is 0. The summed E-state index contributed by atoms with van der Waals surface area (Å²) in [6, 6.07) is -0.0920. The van der Waals surface area contributed by atoms with Crippen LogP contribution in [-0.2, 0) is 4.74 Å². The summed E-state index contributed by atoms with van der Waals surface area (Å²) in [5.41, 5.74) is 2.19. The molecule has 0 aliphatic carbocycles. The first kappa shape index (κ1) is 15.0. The Bertz CT molecular complexity index is 220. The smallest absolute Gasteiger partial charge is 0.383 e. The fourth-order valence-corrected chi connectivity index (χ4v) is 0.952. The van der Waals surface area contributed by atoms with Crippen molar-refractivity contribution < 1.29 is 17.9 Å². The van der Waals surface area contributed by atoms with E-state index < -0.39 is 12.6 Å². The largest absolute Gasteiger partial charge is 0.390 e. The van der Waals surface area contributed by atoms with Crippen molar-refractivity contribution in [1.29, 1.82) is 0 Å². The molecule has 0 rings (SSSR count). The number of guanidine groups is 1. The summed E-state index contributed by atoms with van der Waals surface area (Å²) in [4.78, 5) is 3.64. The maximum absolute atomic E-state index is 11.8. The Labute approximate surface area is 92.2 Å². The van der Waals surface area contributed by atoms with Gasteiger partial charge in [0.2, 0.25) is 5.96 Å². The second kappa shape index (κ2) is 7.29. The van der Waals surface area contributed by atoms with E-state index in [9.17, 15) is 13.2 Å². The van der Waals surface area contributed by atoms with E-state index in [-0.39, 0.29) is 18.5 Å². The van der Waals surface area contributed by atoms with Gasteiger partial charge in [0.25, 0.3) is 0 Å². The fraction of sp³-hybridized carbons (Fsp3) is 0.875. The number of hydrogen-bond acceptors (Lipinski definition) is 3. The molecule has 4 N–H and O–H groups in total. The highest BCUT2D eigenvalue weighted by Gasteiger charge is 2.26. The zero-order chi connectivity index (χ0) is 12.6. The molecule has 0 aliphatic rings. The molecule has 96 valence electrons. The van der Waals surface area contributed by atoms with Gasteiger partial charge < -0.3 is 10.1 Å². The van der Waals surface area contributed by atoms with Crippen LogP contribution in [0.5, 0.6) is 0 Å². The van der Waals surface area contributed by atoms with Crippen LogP contribution in [0.15, 0.2) is 4.99 Å². The number of alkyl halides is 3. The minimum absolute atomic E-state index is 0.0920. The summed E-state index contributed by atoms with van der Waals surface area (Å²) in [6.45, 7) is 1.83. The summed E-state index contributed by atoms with van der Waals surface area (Å²) in [5.74, 6) is 5.22. The first-order valence-electron chi connectivity index (χ1n) is 4.72. The topological polar surface area (TPSA) is 71.7 Å². The lowest BCUT2D eigenvalue weighted by atomic mass is 10.4. The van der Waals surface area contributed by atoms with Gasteiger partial charge in [0.15, 0.2) is 0 Å². The Morgan fingerprint density at radius 1 is 1.50 bits per heavy atom. The molecule has 0 radical (unpaired) electrons. The molecular formula is C8H17F3N4O. The van der Waals surface area contributed by atoms with E-state index in [1.807, 2.05) is 0 Å². The van der Waals surface area contributed by atoms with Crippen LogP contribution >= 0.6 is 0 Å². The highest BCUT2D eigenvalue weighted by atomic mass is 19.4. The Hall–Kier alpha value is -1.02. The fourth-order valence-electron chi connectivity index (χ4n) is 0.952. The van der Waals surface area contributed by atoms with Gasteiger partial charge in [0.1, 0.15) is 0 Å². The van der Waals surface area contributed by atoms with E-state index >= 15 is 0 Å². The van der Waals surface area contributed by atoms with Gasteiger partial charge >= 0.3 is 6.18 Å². The summed E-state index contributed by atoms with van der Waals surface area (Å²) in [7, 11) is 1.52. The van der Waals surface area contributed by atoms with Gasteiger partial charge in [-0.3, -0.25) is 10.4 Å². The van der Waals surface area contributed by atoms with Crippen molar-refractivity contribution in [1.82, 2.24) is 10.7 Å². The van der Waals surface area contributed by atoms with Gasteiger partial charge in [-0.15, -0.1) is 0 Å². The second-order valence-electron chi connectivity index (χ2n) is 3.24. The third-order valence-corrected chi connectivity index (χ3v) is 1.60. The minimum atomic E-state index is -4.21. The molecule has 0 saturated heterocycles. The molecule has 0 aromatic rings. The molecule has 0 aromatic carbocycles. The first-order chi connectivity index (χ1) is 7.39. The van der Waals surface area contributed by atoms with Crippen molar-refractivity contribution in [3.05, 3.63) is 0 Å². The molecule has 0 amide bonds. The monoisotopic (exact) mass is 242 g/mol. The highest BCUT2D eigenvalue weighted by molar-refractivity contribution is 5.79. The van der Waals surface area contributed by atoms with Gasteiger partial charge in [-0.2, -0.15) is 13.2 Å². The van der Waals surface area contributed by atoms with E-state index in [0.717, 1.165) is 0 Å². The van der Waals surface area contributed by atoms with Crippen LogP contribution in [0.3, 0.4) is 0 Å². The van der Waals surface area contributed by atoms with Crippen molar-refractivity contribution in [2.45, 2.75) is 25.6 Å². The van der Waals surface area contributed by atoms with Gasteiger partial charge in [0, 0.05) is 13.2 Å². The van der Waals surface area contributed by atoms with E-state index in [4.69, 9.17) is 10.6 Å². The van der Waals surface area contributed by atoms with Gasteiger partial charge in [-0.25, -0.2) is 5.84 Å². The van der Waals surface area contributed by atoms with E-state index in [2.05, 4.69) is 15.7 Å². The number of nitrogens with one attached hydrogen (secondary N) is 2. The minimum Gasteiger partial charge on any atom is -0.383 e. The number of methoxy groups -OCH3 is 1. The molecule has 8 heteroatoms. The van der Waals surface area contributed by atoms with Gasteiger partial charge in [-0.1, -0.05) is 0 Å². The summed E-state index contributed by atoms with van der Waals surface area (Å²) in [5, 5.41) is 2.78. The molecule has 0 spiro atoms. The molecule has 0 aliphatic heterocycles. The maximum Gasteiger partial charge on any atom is 0.390 e. The molecule has 5 nitrogen and oxygen atoms in total. The maximum atomic E-state index is 11.8. The first-order valence-corrected chi connectivity index (χ1v) is 4.72. The lowest BCUT2D eigenvalue weighted by Crippen LogP contribution is -2.47. The van der Waals surface area contributed by atoms with E-state index in [1.165, 1.54) is 7.11 Å². The number of ether oxygens (including phenoxy) is 1. The van der Waals surface area contributed by atoms with Crippen LogP contribution in [0.2, 0.25) is 0 Å². The predicted molar refractivity (Wildman–Crippen MR) is 54.8 cm³/mol. The van der Waals surface area contributed by atoms with Crippen LogP contribution in [0.4, 0.5) is 13.2 Å². The predicted octanol–water partition coefficient (Wildman–Crippen LogP) is 0.383. The number of rotatable bonds is 5. The molecule has 0 heterocycles. The average Bonchev–Trinajstić information content (AvgIpc) is 2.14. The molecule has 0 aromatic heterocycles. The van der Waals surface area contributed by atoms with Crippen molar-refractivity contribution in [2.24, 2.45) is 10.8 Å². The SMILES string of the molecule is COCC(C)NC(=NCCC(F)(F)F)NN. The lowest BCUT2D eigenvalue weighted by Gasteiger charge is -2.15. The highest BCUT2D eigenvalue weighted by Crippen LogP contribution is 2.18. The molecular weight excluding hydrogens is 225 g/mol. The Morgan fingerprint density at radius 3 is 2.56 bits per heavy atom. The number of nitrogens with zero attached hydrogens (tertiary/aromatic N) is 1. The van der Waals surface area contributed by atoms with E-state index in [0.29, 0.717) is 6.61 Å². The molecule has 16 heavy (non-hydrogen) atoms. The summed E-state index contributed by atoms with van der Waals surface area (Å²) in [6.07, 6.45) is -5.18. The van der Waals surface area contributed by atoms with Crippen molar-refractivity contribution in [3.63, 3.8) is 0 Å². The molecule has 0 fully saturated rings. The quantitative estimate of drug-likeness (QED) is 0.282. The number of hydrazine groups is 1. The third-order valence-electron chi connectivity index (χ3n) is 1.60. The Balaban J connectivity index is 4.02. The second-order valence-corrected chi connectivity index (χ2v) is 3.24. The third kappa shape index (κ3) is 8.30. The number of nitrogens with two attached hydrogens (primary N) is 1. The van der Waals surface area contributed by atoms with E-state index in [1.54, 1.807) is 6.92 Å². The van der Waals surface area contributed by atoms with Crippen LogP contribution in [-0.4, -0.2) is 38.4 Å². The van der Waals surface area contributed by atoms with Gasteiger partial charge in [-0.05, 0) is 6.92 Å². The molecule has 1 unspecified atom stereocenters. The van der Waals surface area contributed by atoms with Gasteiger partial charge in [0.05, 0.1) is 19.6 Å². The zero-order valence-corrected chi connectivity index (χ0v) is 9.27.